The summed E-state index contributed by atoms with van der Waals surface area (Å²) in [7, 11) is -0.408. The number of anilines is 1. The zero-order valence-corrected chi connectivity index (χ0v) is 15.9. The highest BCUT2D eigenvalue weighted by Crippen LogP contribution is 2.22. The maximum absolute atomic E-state index is 12.6. The van der Waals surface area contributed by atoms with Gasteiger partial charge in [0.15, 0.2) is 6.61 Å². The Morgan fingerprint density at radius 2 is 1.63 bits per heavy atom. The lowest BCUT2D eigenvalue weighted by atomic mass is 10.1. The van der Waals surface area contributed by atoms with Crippen LogP contribution < -0.4 is 9.46 Å². The van der Waals surface area contributed by atoms with E-state index in [1.54, 1.807) is 56.6 Å². The summed E-state index contributed by atoms with van der Waals surface area (Å²) >= 11 is 0. The zero-order chi connectivity index (χ0) is 19.4. The van der Waals surface area contributed by atoms with Crippen LogP contribution in [0.5, 0.6) is 5.75 Å². The highest BCUT2D eigenvalue weighted by Gasteiger charge is 2.15. The van der Waals surface area contributed by atoms with Crippen LogP contribution in [0.1, 0.15) is 0 Å². The van der Waals surface area contributed by atoms with Gasteiger partial charge >= 0.3 is 0 Å². The Labute approximate surface area is 158 Å². The quantitative estimate of drug-likeness (QED) is 0.709. The van der Waals surface area contributed by atoms with Crippen LogP contribution in [0.15, 0.2) is 71.6 Å². The van der Waals surface area contributed by atoms with Gasteiger partial charge in [0.2, 0.25) is 0 Å². The van der Waals surface area contributed by atoms with Crippen LogP contribution >= 0.6 is 0 Å². The van der Waals surface area contributed by atoms with E-state index in [0.717, 1.165) is 10.8 Å². The van der Waals surface area contributed by atoms with Crippen LogP contribution in [-0.4, -0.2) is 39.9 Å². The molecule has 0 unspecified atom stereocenters. The molecule has 7 heteroatoms. The summed E-state index contributed by atoms with van der Waals surface area (Å²) in [5.41, 5.74) is 0.412. The molecule has 1 amide bonds. The second-order valence-corrected chi connectivity index (χ2v) is 7.90. The van der Waals surface area contributed by atoms with Gasteiger partial charge in [-0.25, -0.2) is 8.42 Å². The Bertz CT molecular complexity index is 1060. The standard InChI is InChI=1S/C20H20N2O4S/c1-22(2)20(23)14-26-18-10-8-17(9-11-18)21-27(24,25)19-12-7-15-5-3-4-6-16(15)13-19/h3-13,21H,14H2,1-2H3. The van der Waals surface area contributed by atoms with Crippen molar-refractivity contribution in [3.63, 3.8) is 0 Å². The molecule has 0 bridgehead atoms. The maximum atomic E-state index is 12.6. The van der Waals surface area contributed by atoms with E-state index in [4.69, 9.17) is 4.74 Å². The molecule has 27 heavy (non-hydrogen) atoms. The lowest BCUT2D eigenvalue weighted by Gasteiger charge is -2.12. The first-order valence-corrected chi connectivity index (χ1v) is 9.78. The molecule has 1 N–H and O–H groups in total. The van der Waals surface area contributed by atoms with E-state index < -0.39 is 10.0 Å². The van der Waals surface area contributed by atoms with Crippen LogP contribution in [0, 0.1) is 0 Å². The van der Waals surface area contributed by atoms with Crippen molar-refractivity contribution in [2.24, 2.45) is 0 Å². The normalized spacial score (nSPS) is 11.2. The monoisotopic (exact) mass is 384 g/mol. The molecule has 0 radical (unpaired) electrons. The molecule has 0 aliphatic carbocycles. The summed E-state index contributed by atoms with van der Waals surface area (Å²) < 4.78 is 33.2. The lowest BCUT2D eigenvalue weighted by molar-refractivity contribution is -0.130. The van der Waals surface area contributed by atoms with Crippen LogP contribution in [0.2, 0.25) is 0 Å². The molecule has 140 valence electrons. The van der Waals surface area contributed by atoms with E-state index >= 15 is 0 Å². The minimum absolute atomic E-state index is 0.0742. The lowest BCUT2D eigenvalue weighted by Crippen LogP contribution is -2.27. The van der Waals surface area contributed by atoms with Gasteiger partial charge in [0.25, 0.3) is 15.9 Å². The van der Waals surface area contributed by atoms with Crippen molar-refractivity contribution >= 4 is 32.4 Å². The third kappa shape index (κ3) is 4.57. The smallest absolute Gasteiger partial charge is 0.261 e. The van der Waals surface area contributed by atoms with E-state index in [9.17, 15) is 13.2 Å². The summed E-state index contributed by atoms with van der Waals surface area (Å²) in [4.78, 5) is 13.2. The molecule has 0 fully saturated rings. The number of nitrogens with zero attached hydrogens (tertiary/aromatic N) is 1. The summed E-state index contributed by atoms with van der Waals surface area (Å²) in [5, 5.41) is 1.83. The first-order valence-electron chi connectivity index (χ1n) is 8.30. The number of likely N-dealkylation sites (N-methyl/N-ethyl adjacent to an activating group) is 1. The van der Waals surface area contributed by atoms with Crippen molar-refractivity contribution in [3.8, 4) is 5.75 Å². The van der Waals surface area contributed by atoms with Crippen molar-refractivity contribution < 1.29 is 17.9 Å². The van der Waals surface area contributed by atoms with Gasteiger partial charge in [-0.05, 0) is 47.2 Å². The maximum Gasteiger partial charge on any atom is 0.261 e. The van der Waals surface area contributed by atoms with Gasteiger partial charge in [-0.1, -0.05) is 30.3 Å². The van der Waals surface area contributed by atoms with Gasteiger partial charge in [-0.2, -0.15) is 0 Å². The van der Waals surface area contributed by atoms with Crippen molar-refractivity contribution in [2.75, 3.05) is 25.4 Å². The minimum atomic E-state index is -3.71. The number of rotatable bonds is 6. The number of hydrogen-bond donors (Lipinski definition) is 1. The molecule has 3 rings (SSSR count). The number of amides is 1. The molecule has 0 atom stereocenters. The Hall–Kier alpha value is -3.06. The Morgan fingerprint density at radius 3 is 2.30 bits per heavy atom. The zero-order valence-electron chi connectivity index (χ0n) is 15.0. The Balaban J connectivity index is 1.72. The van der Waals surface area contributed by atoms with Crippen LogP contribution in [0.25, 0.3) is 10.8 Å². The van der Waals surface area contributed by atoms with Gasteiger partial charge in [-0.15, -0.1) is 0 Å². The molecule has 3 aromatic carbocycles. The average Bonchev–Trinajstić information content (AvgIpc) is 2.66. The van der Waals surface area contributed by atoms with Gasteiger partial charge in [0, 0.05) is 19.8 Å². The molecule has 0 aliphatic heterocycles. The second kappa shape index (κ2) is 7.67. The first kappa shape index (κ1) is 18.7. The van der Waals surface area contributed by atoms with Crippen LogP contribution in [0.4, 0.5) is 5.69 Å². The number of sulfonamides is 1. The summed E-state index contributed by atoms with van der Waals surface area (Å²) in [6.07, 6.45) is 0. The second-order valence-electron chi connectivity index (χ2n) is 6.22. The number of ether oxygens (including phenoxy) is 1. The third-order valence-corrected chi connectivity index (χ3v) is 5.38. The van der Waals surface area contributed by atoms with Gasteiger partial charge < -0.3 is 9.64 Å². The van der Waals surface area contributed by atoms with E-state index in [2.05, 4.69) is 4.72 Å². The van der Waals surface area contributed by atoms with E-state index in [0.29, 0.717) is 11.4 Å². The van der Waals surface area contributed by atoms with Crippen molar-refractivity contribution in [2.45, 2.75) is 4.90 Å². The minimum Gasteiger partial charge on any atom is -0.484 e. The molecule has 0 saturated carbocycles. The Kier molecular flexibility index (Phi) is 5.32. The number of benzene rings is 3. The highest BCUT2D eigenvalue weighted by atomic mass is 32.2. The number of fused-ring (bicyclic) bond motifs is 1. The van der Waals surface area contributed by atoms with Crippen molar-refractivity contribution in [3.05, 3.63) is 66.7 Å². The van der Waals surface area contributed by atoms with Crippen LogP contribution in [-0.2, 0) is 14.8 Å². The summed E-state index contributed by atoms with van der Waals surface area (Å²) in [5.74, 6) is 0.329. The fourth-order valence-electron chi connectivity index (χ4n) is 2.44. The molecule has 0 aliphatic rings. The van der Waals surface area contributed by atoms with Crippen molar-refractivity contribution in [1.82, 2.24) is 4.90 Å². The largest absolute Gasteiger partial charge is 0.484 e. The predicted molar refractivity (Wildman–Crippen MR) is 105 cm³/mol. The van der Waals surface area contributed by atoms with Gasteiger partial charge in [0.05, 0.1) is 4.90 Å². The number of carbonyl (C=O) groups is 1. The highest BCUT2D eigenvalue weighted by molar-refractivity contribution is 7.92. The predicted octanol–water partition coefficient (Wildman–Crippen LogP) is 3.11. The molecule has 0 aromatic heterocycles. The third-order valence-electron chi connectivity index (χ3n) is 4.00. The summed E-state index contributed by atoms with van der Waals surface area (Å²) in [6.45, 7) is -0.0742. The van der Waals surface area contributed by atoms with Gasteiger partial charge in [-0.3, -0.25) is 9.52 Å². The molecule has 0 saturated heterocycles. The average molecular weight is 384 g/mol. The molecular formula is C20H20N2O4S. The number of hydrogen-bond acceptors (Lipinski definition) is 4. The number of nitrogens with one attached hydrogen (secondary N) is 1. The molecule has 0 heterocycles. The molecule has 6 nitrogen and oxygen atoms in total. The van der Waals surface area contributed by atoms with E-state index in [1.165, 1.54) is 4.90 Å². The van der Waals surface area contributed by atoms with E-state index in [-0.39, 0.29) is 17.4 Å². The fourth-order valence-corrected chi connectivity index (χ4v) is 3.54. The molecule has 0 spiro atoms. The topological polar surface area (TPSA) is 75.7 Å². The molecular weight excluding hydrogens is 364 g/mol. The van der Waals surface area contributed by atoms with E-state index in [1.807, 2.05) is 24.3 Å². The fraction of sp³-hybridized carbons (Fsp3) is 0.150. The van der Waals surface area contributed by atoms with Crippen molar-refractivity contribution in [1.29, 1.82) is 0 Å². The van der Waals surface area contributed by atoms with Crippen LogP contribution in [0.3, 0.4) is 0 Å². The Morgan fingerprint density at radius 1 is 0.963 bits per heavy atom. The summed E-state index contributed by atoms with van der Waals surface area (Å²) in [6, 6.07) is 19.0. The number of carbonyl (C=O) groups excluding carboxylic acids is 1. The SMILES string of the molecule is CN(C)C(=O)COc1ccc(NS(=O)(=O)c2ccc3ccccc3c2)cc1. The molecule has 3 aromatic rings. The van der Waals surface area contributed by atoms with Gasteiger partial charge in [0.1, 0.15) is 5.75 Å². The first-order chi connectivity index (χ1) is 12.8.